The molecule has 0 aliphatic carbocycles. The largest absolute Gasteiger partial charge is 0.497 e. The first kappa shape index (κ1) is 28.4. The van der Waals surface area contributed by atoms with E-state index in [9.17, 15) is 14.4 Å². The lowest BCUT2D eigenvalue weighted by Gasteiger charge is -2.29. The molecule has 5 rings (SSSR count). The molecule has 1 saturated heterocycles. The van der Waals surface area contributed by atoms with Gasteiger partial charge in [-0.15, -0.1) is 0 Å². The van der Waals surface area contributed by atoms with Gasteiger partial charge in [-0.2, -0.15) is 5.10 Å². The number of amides is 3. The van der Waals surface area contributed by atoms with E-state index in [1.165, 1.54) is 0 Å². The highest BCUT2D eigenvalue weighted by Crippen LogP contribution is 2.31. The van der Waals surface area contributed by atoms with Gasteiger partial charge in [-0.05, 0) is 87.2 Å². The number of piperidine rings is 1. The number of hydrogen-bond donors (Lipinski definition) is 2. The zero-order chi connectivity index (χ0) is 28.8. The summed E-state index contributed by atoms with van der Waals surface area (Å²) < 4.78 is 6.87. The number of aromatic nitrogens is 2. The van der Waals surface area contributed by atoms with Gasteiger partial charge >= 0.3 is 0 Å². The molecule has 3 amide bonds. The van der Waals surface area contributed by atoms with Crippen LogP contribution in [0.4, 0.5) is 11.4 Å². The van der Waals surface area contributed by atoms with Crippen molar-refractivity contribution in [1.82, 2.24) is 15.1 Å². The molecule has 0 atom stereocenters. The molecule has 2 aliphatic heterocycles. The number of benzene rings is 2. The predicted octanol–water partition coefficient (Wildman–Crippen LogP) is 3.85. The highest BCUT2D eigenvalue weighted by Gasteiger charge is 2.35. The molecule has 41 heavy (non-hydrogen) atoms. The lowest BCUT2D eigenvalue weighted by Crippen LogP contribution is -2.39. The van der Waals surface area contributed by atoms with E-state index in [4.69, 9.17) is 10.5 Å². The number of anilines is 2. The van der Waals surface area contributed by atoms with Crippen LogP contribution in [-0.2, 0) is 11.2 Å². The zero-order valence-electron chi connectivity index (χ0n) is 23.6. The molecule has 3 N–H and O–H groups in total. The molecule has 0 saturated carbocycles. The lowest BCUT2D eigenvalue weighted by atomic mass is 10.0. The predicted molar refractivity (Wildman–Crippen MR) is 158 cm³/mol. The van der Waals surface area contributed by atoms with Crippen LogP contribution in [-0.4, -0.2) is 60.8 Å². The summed E-state index contributed by atoms with van der Waals surface area (Å²) in [5.41, 5.74) is 9.12. The van der Waals surface area contributed by atoms with Crippen molar-refractivity contribution in [3.63, 3.8) is 0 Å². The van der Waals surface area contributed by atoms with Crippen LogP contribution in [0.15, 0.2) is 48.5 Å². The Morgan fingerprint density at radius 1 is 0.878 bits per heavy atom. The van der Waals surface area contributed by atoms with E-state index in [0.717, 1.165) is 49.9 Å². The average molecular weight is 559 g/mol. The molecular weight excluding hydrogens is 520 g/mol. The summed E-state index contributed by atoms with van der Waals surface area (Å²) >= 11 is 0. The van der Waals surface area contributed by atoms with E-state index in [-0.39, 0.29) is 23.4 Å². The van der Waals surface area contributed by atoms with Crippen LogP contribution in [0.1, 0.15) is 71.5 Å². The molecule has 1 fully saturated rings. The summed E-state index contributed by atoms with van der Waals surface area (Å²) in [5.74, 6) is 0.316. The molecule has 1 aromatic heterocycles. The lowest BCUT2D eigenvalue weighted by molar-refractivity contribution is -0.119. The minimum atomic E-state index is -0.274. The van der Waals surface area contributed by atoms with Crippen molar-refractivity contribution in [3.8, 4) is 11.4 Å². The number of rotatable bonds is 11. The average Bonchev–Trinajstić information content (AvgIpc) is 3.40. The quantitative estimate of drug-likeness (QED) is 0.345. The molecule has 2 aliphatic rings. The van der Waals surface area contributed by atoms with Crippen LogP contribution in [0, 0.1) is 0 Å². The Morgan fingerprint density at radius 2 is 1.56 bits per heavy atom. The molecule has 10 heteroatoms. The Hall–Kier alpha value is -4.18. The van der Waals surface area contributed by atoms with Crippen LogP contribution >= 0.6 is 0 Å². The number of nitrogens with two attached hydrogens (primary N) is 1. The molecule has 0 unspecified atom stereocenters. The molecule has 10 nitrogen and oxygen atoms in total. The minimum Gasteiger partial charge on any atom is -0.497 e. The second kappa shape index (κ2) is 13.0. The zero-order valence-corrected chi connectivity index (χ0v) is 23.6. The molecule has 216 valence electrons. The van der Waals surface area contributed by atoms with Crippen LogP contribution in [0.25, 0.3) is 5.69 Å². The molecule has 3 aromatic rings. The number of methoxy groups -OCH3 is 1. The molecule has 0 bridgehead atoms. The first-order valence-corrected chi connectivity index (χ1v) is 14.5. The van der Waals surface area contributed by atoms with Gasteiger partial charge < -0.3 is 25.6 Å². The van der Waals surface area contributed by atoms with Gasteiger partial charge in [0.1, 0.15) is 11.4 Å². The van der Waals surface area contributed by atoms with E-state index >= 15 is 0 Å². The van der Waals surface area contributed by atoms with Gasteiger partial charge in [0.15, 0.2) is 5.69 Å². The van der Waals surface area contributed by atoms with E-state index in [0.29, 0.717) is 61.7 Å². The summed E-state index contributed by atoms with van der Waals surface area (Å²) in [5, 5.41) is 7.65. The van der Waals surface area contributed by atoms with E-state index in [1.54, 1.807) is 28.8 Å². The Labute approximate surface area is 240 Å². The van der Waals surface area contributed by atoms with Gasteiger partial charge in [0.2, 0.25) is 5.91 Å². The van der Waals surface area contributed by atoms with Crippen molar-refractivity contribution in [2.45, 2.75) is 51.4 Å². The Morgan fingerprint density at radius 3 is 2.24 bits per heavy atom. The summed E-state index contributed by atoms with van der Waals surface area (Å²) in [6.07, 6.45) is 6.83. The van der Waals surface area contributed by atoms with Crippen molar-refractivity contribution >= 4 is 29.1 Å². The van der Waals surface area contributed by atoms with Gasteiger partial charge in [0.05, 0.1) is 12.8 Å². The maximum Gasteiger partial charge on any atom is 0.277 e. The monoisotopic (exact) mass is 558 g/mol. The number of nitrogens with zero attached hydrogens (tertiary/aromatic N) is 4. The highest BCUT2D eigenvalue weighted by atomic mass is 16.5. The number of fused-ring (bicyclic) bond motifs is 1. The van der Waals surface area contributed by atoms with Gasteiger partial charge in [-0.1, -0.05) is 12.8 Å². The molecule has 0 spiro atoms. The topological polar surface area (TPSA) is 123 Å². The number of carbonyl (C=O) groups is 3. The summed E-state index contributed by atoms with van der Waals surface area (Å²) in [7, 11) is 1.59. The number of carbonyl (C=O) groups excluding carboxylic acids is 3. The first-order chi connectivity index (χ1) is 20.0. The van der Waals surface area contributed by atoms with Crippen molar-refractivity contribution in [3.05, 3.63) is 65.5 Å². The smallest absolute Gasteiger partial charge is 0.277 e. The van der Waals surface area contributed by atoms with Crippen LogP contribution < -0.4 is 25.6 Å². The number of unbranched alkanes of at least 4 members (excludes halogenated alkanes) is 3. The third-order valence-electron chi connectivity index (χ3n) is 7.76. The number of hydrogen-bond acceptors (Lipinski definition) is 6. The molecule has 2 aromatic carbocycles. The molecular formula is C31H38N6O4. The maximum absolute atomic E-state index is 14.0. The third kappa shape index (κ3) is 6.12. The van der Waals surface area contributed by atoms with Gasteiger partial charge in [0, 0.05) is 43.0 Å². The third-order valence-corrected chi connectivity index (χ3v) is 7.76. The van der Waals surface area contributed by atoms with Crippen LogP contribution in [0.2, 0.25) is 0 Å². The number of nitrogens with one attached hydrogen (secondary N) is 1. The summed E-state index contributed by atoms with van der Waals surface area (Å²) in [4.78, 5) is 43.1. The summed E-state index contributed by atoms with van der Waals surface area (Å²) in [6.45, 7) is 2.35. The normalized spacial score (nSPS) is 15.2. The second-order valence-electron chi connectivity index (χ2n) is 10.5. The summed E-state index contributed by atoms with van der Waals surface area (Å²) in [6, 6.07) is 14.8. The second-order valence-corrected chi connectivity index (χ2v) is 10.5. The van der Waals surface area contributed by atoms with Crippen molar-refractivity contribution in [2.75, 3.05) is 43.1 Å². The Bertz CT molecular complexity index is 1380. The van der Waals surface area contributed by atoms with E-state index in [2.05, 4.69) is 10.4 Å². The fourth-order valence-electron chi connectivity index (χ4n) is 5.50. The Kier molecular flexibility index (Phi) is 8.98. The number of ether oxygens (including phenoxy) is 1. The van der Waals surface area contributed by atoms with Gasteiger partial charge in [0.25, 0.3) is 11.8 Å². The highest BCUT2D eigenvalue weighted by molar-refractivity contribution is 6.09. The van der Waals surface area contributed by atoms with E-state index in [1.807, 2.05) is 41.3 Å². The van der Waals surface area contributed by atoms with Crippen molar-refractivity contribution < 1.29 is 19.1 Å². The fraction of sp³-hybridized carbons (Fsp3) is 0.419. The maximum atomic E-state index is 14.0. The van der Waals surface area contributed by atoms with Crippen molar-refractivity contribution in [1.29, 1.82) is 0 Å². The van der Waals surface area contributed by atoms with Crippen molar-refractivity contribution in [2.24, 2.45) is 5.73 Å². The van der Waals surface area contributed by atoms with Gasteiger partial charge in [-0.25, -0.2) is 4.68 Å². The van der Waals surface area contributed by atoms with Crippen LogP contribution in [0.5, 0.6) is 5.75 Å². The Balaban J connectivity index is 1.41. The first-order valence-electron chi connectivity index (χ1n) is 14.5. The minimum absolute atomic E-state index is 0.132. The standard InChI is InChI=1S/C31H38N6O4/c1-41-25-15-13-24(14-16-25)37-29-26(28(34-37)30(39)33-19-6-3-2-5-18-32)17-21-36(31(29)40)23-11-9-22(10-12-23)35-20-7-4-8-27(35)38/h9-16H,2-8,17-21,32H2,1H3,(H,33,39). The van der Waals surface area contributed by atoms with Gasteiger partial charge in [-0.3, -0.25) is 14.4 Å². The van der Waals surface area contributed by atoms with E-state index < -0.39 is 0 Å². The fourth-order valence-corrected chi connectivity index (χ4v) is 5.50. The SMILES string of the molecule is COc1ccc(-n2nc(C(=O)NCCCCCCN)c3c2C(=O)N(c2ccc(N4CCCCC4=O)cc2)CC3)cc1. The van der Waals surface area contributed by atoms with Crippen LogP contribution in [0.3, 0.4) is 0 Å². The molecule has 0 radical (unpaired) electrons. The molecule has 3 heterocycles.